The molecule has 2 unspecified atom stereocenters. The van der Waals surface area contributed by atoms with E-state index in [2.05, 4.69) is 19.4 Å². The summed E-state index contributed by atoms with van der Waals surface area (Å²) in [4.78, 5) is 23.1. The lowest BCUT2D eigenvalue weighted by Gasteiger charge is -2.37. The highest BCUT2D eigenvalue weighted by Crippen LogP contribution is 2.64. The lowest BCUT2D eigenvalue weighted by Crippen LogP contribution is -2.42. The zero-order valence-electron chi connectivity index (χ0n) is 17.5. The van der Waals surface area contributed by atoms with E-state index in [4.69, 9.17) is 0 Å². The fourth-order valence-corrected chi connectivity index (χ4v) is 6.62. The number of unbranched alkanes of at least 4 members (excludes halogenated alkanes) is 3. The molecule has 2 aliphatic carbocycles. The molecule has 0 saturated heterocycles. The largest absolute Gasteiger partial charge is 0.748 e. The van der Waals surface area contributed by atoms with Gasteiger partial charge >= 0.3 is 0 Å². The molecule has 27 heavy (non-hydrogen) atoms. The Kier molecular flexibility index (Phi) is 9.01. The molecule has 0 spiro atoms. The number of hydrogen-bond donors (Lipinski definition) is 0. The van der Waals surface area contributed by atoms with Gasteiger partial charge in [-0.1, -0.05) is 40.0 Å². The molecule has 2 saturated carbocycles. The molecule has 0 aromatic carbocycles. The average Bonchev–Trinajstić information content (AvgIpc) is 2.84. The Morgan fingerprint density at radius 1 is 1.22 bits per heavy atom. The van der Waals surface area contributed by atoms with Gasteiger partial charge in [0.15, 0.2) is 11.5 Å². The Bertz CT molecular complexity index is 624. The number of fused-ring (bicyclic) bond motifs is 2. The highest BCUT2D eigenvalue weighted by Gasteiger charge is 2.64. The van der Waals surface area contributed by atoms with Crippen LogP contribution in [0.15, 0.2) is 0 Å². The van der Waals surface area contributed by atoms with Crippen molar-refractivity contribution in [3.8, 4) is 0 Å². The highest BCUT2D eigenvalue weighted by atomic mass is 32.2. The summed E-state index contributed by atoms with van der Waals surface area (Å²) in [6, 6.07) is 0. The van der Waals surface area contributed by atoms with Crippen LogP contribution in [0.1, 0.15) is 72.1 Å². The van der Waals surface area contributed by atoms with Crippen molar-refractivity contribution in [2.45, 2.75) is 72.1 Å². The summed E-state index contributed by atoms with van der Waals surface area (Å²) in [6.45, 7) is 6.03. The van der Waals surface area contributed by atoms with Gasteiger partial charge in [0.1, 0.15) is 5.78 Å². The molecule has 158 valence electrons. The Labute approximate surface area is 168 Å². The zero-order chi connectivity index (χ0) is 20.9. The molecule has 0 aromatic rings. The highest BCUT2D eigenvalue weighted by molar-refractivity contribution is 7.96. The summed E-state index contributed by atoms with van der Waals surface area (Å²) in [5.74, 6) is 0.975. The molecule has 0 radical (unpaired) electrons. The summed E-state index contributed by atoms with van der Waals surface area (Å²) in [5.41, 5.74) is -1.22. The number of Topliss-reactive ketones (excluding diaryl/α,β-unsaturated/α-hetero) is 2. The van der Waals surface area contributed by atoms with E-state index < -0.39 is 21.3 Å². The second-order valence-electron chi connectivity index (χ2n) is 8.85. The molecule has 2 aliphatic rings. The van der Waals surface area contributed by atoms with E-state index in [0.717, 1.165) is 25.0 Å². The minimum Gasteiger partial charge on any atom is -0.748 e. The lowest BCUT2D eigenvalue weighted by molar-refractivity contribution is -0.128. The van der Waals surface area contributed by atoms with Crippen LogP contribution in [0.2, 0.25) is 0 Å². The van der Waals surface area contributed by atoms with Crippen LogP contribution in [-0.4, -0.2) is 48.6 Å². The molecule has 5 nitrogen and oxygen atoms in total. The third kappa shape index (κ3) is 6.57. The van der Waals surface area contributed by atoms with Crippen molar-refractivity contribution in [1.82, 2.24) is 0 Å². The summed E-state index contributed by atoms with van der Waals surface area (Å²) in [7, 11) is -4.03. The third-order valence-electron chi connectivity index (χ3n) is 6.32. The smallest absolute Gasteiger partial charge is 0.181 e. The molecule has 0 N–H and O–H groups in total. The maximum absolute atomic E-state index is 11.8. The number of hydrogen-bond acceptors (Lipinski definition) is 5. The Morgan fingerprint density at radius 3 is 2.26 bits per heavy atom. The van der Waals surface area contributed by atoms with E-state index in [1.165, 1.54) is 19.3 Å². The Balaban J connectivity index is 0.000000279. The molecule has 0 aromatic heterocycles. The van der Waals surface area contributed by atoms with Crippen molar-refractivity contribution in [2.24, 2.45) is 16.7 Å². The summed E-state index contributed by atoms with van der Waals surface area (Å²) >= 11 is 0. The lowest BCUT2D eigenvalue weighted by atomic mass is 9.70. The maximum atomic E-state index is 11.8. The van der Waals surface area contributed by atoms with Crippen LogP contribution in [-0.2, 0) is 30.6 Å². The molecule has 2 bridgehead atoms. The van der Waals surface area contributed by atoms with Gasteiger partial charge in [-0.15, -0.1) is 0 Å². The van der Waals surface area contributed by atoms with Gasteiger partial charge in [0, 0.05) is 18.3 Å². The standard InChI is InChI=1S/C10H16O4S.C10H21OS/c1-9(2)7-3-4-10(9,8(11)5-7)6-15(12,13)14;1-4-5-6-7-8-10(11)9-12(2)3/h7H,3-6H2,1-2H3,(H,12,13,14);4-9H2,1-3H3/q;+1/p-1. The third-order valence-corrected chi connectivity index (χ3v) is 8.07. The first-order valence-electron chi connectivity index (χ1n) is 9.88. The van der Waals surface area contributed by atoms with Crippen LogP contribution in [0.5, 0.6) is 0 Å². The van der Waals surface area contributed by atoms with Crippen molar-refractivity contribution in [3.05, 3.63) is 0 Å². The fraction of sp³-hybridized carbons (Fsp3) is 0.900. The van der Waals surface area contributed by atoms with Gasteiger partial charge in [-0.25, -0.2) is 8.42 Å². The van der Waals surface area contributed by atoms with Crippen molar-refractivity contribution in [2.75, 3.05) is 24.0 Å². The molecule has 0 aliphatic heterocycles. The first-order chi connectivity index (χ1) is 12.4. The van der Waals surface area contributed by atoms with Crippen molar-refractivity contribution in [1.29, 1.82) is 0 Å². The predicted octanol–water partition coefficient (Wildman–Crippen LogP) is 3.33. The van der Waals surface area contributed by atoms with E-state index >= 15 is 0 Å². The number of carbonyl (C=O) groups excluding carboxylic acids is 2. The summed E-state index contributed by atoms with van der Waals surface area (Å²) < 4.78 is 32.7. The minimum atomic E-state index is -4.33. The molecule has 2 fully saturated rings. The summed E-state index contributed by atoms with van der Waals surface area (Å²) in [5, 5.41) is 0. The zero-order valence-corrected chi connectivity index (χ0v) is 19.1. The van der Waals surface area contributed by atoms with Crippen LogP contribution >= 0.6 is 0 Å². The average molecular weight is 421 g/mol. The van der Waals surface area contributed by atoms with Gasteiger partial charge < -0.3 is 4.55 Å². The van der Waals surface area contributed by atoms with Crippen LogP contribution in [0.25, 0.3) is 0 Å². The topological polar surface area (TPSA) is 91.3 Å². The van der Waals surface area contributed by atoms with Gasteiger partial charge in [-0.05, 0) is 41.5 Å². The number of carbonyl (C=O) groups is 2. The first-order valence-corrected chi connectivity index (χ1v) is 13.7. The van der Waals surface area contributed by atoms with E-state index in [1.807, 2.05) is 13.8 Å². The fourth-order valence-electron chi connectivity index (χ4n) is 4.55. The molecule has 2 rings (SSSR count). The molecular weight excluding hydrogens is 384 g/mol. The van der Waals surface area contributed by atoms with Crippen LogP contribution < -0.4 is 0 Å². The van der Waals surface area contributed by atoms with E-state index in [-0.39, 0.29) is 17.1 Å². The van der Waals surface area contributed by atoms with Crippen molar-refractivity contribution < 1.29 is 22.6 Å². The van der Waals surface area contributed by atoms with Gasteiger partial charge in [0.05, 0.1) is 28.4 Å². The maximum Gasteiger partial charge on any atom is 0.181 e. The second-order valence-corrected chi connectivity index (χ2v) is 12.5. The molecule has 2 atom stereocenters. The monoisotopic (exact) mass is 420 g/mol. The SMILES string of the molecule is CC1(C)C2CCC1(CS(=O)(=O)[O-])C(=O)C2.CCCCCCC(=O)C[S+](C)C. The quantitative estimate of drug-likeness (QED) is 0.324. The van der Waals surface area contributed by atoms with Gasteiger partial charge in [-0.2, -0.15) is 0 Å². The summed E-state index contributed by atoms with van der Waals surface area (Å²) in [6.07, 6.45) is 11.8. The normalized spacial score (nSPS) is 26.2. The predicted molar refractivity (Wildman–Crippen MR) is 111 cm³/mol. The van der Waals surface area contributed by atoms with Gasteiger partial charge in [0.25, 0.3) is 0 Å². The van der Waals surface area contributed by atoms with E-state index in [0.29, 0.717) is 29.5 Å². The first kappa shape index (κ1) is 24.6. The molecule has 0 amide bonds. The minimum absolute atomic E-state index is 0.0248. The molecule has 7 heteroatoms. The van der Waals surface area contributed by atoms with Crippen LogP contribution in [0.3, 0.4) is 0 Å². The Hall–Kier alpha value is -0.400. The molecular formula is C20H36O5S2. The van der Waals surface area contributed by atoms with E-state index in [1.54, 1.807) is 0 Å². The van der Waals surface area contributed by atoms with E-state index in [9.17, 15) is 22.6 Å². The van der Waals surface area contributed by atoms with Crippen molar-refractivity contribution >= 4 is 32.6 Å². The Morgan fingerprint density at radius 2 is 1.85 bits per heavy atom. The number of rotatable bonds is 9. The van der Waals surface area contributed by atoms with Gasteiger partial charge in [-0.3, -0.25) is 9.59 Å². The number of ketones is 2. The van der Waals surface area contributed by atoms with Crippen molar-refractivity contribution in [3.63, 3.8) is 0 Å². The van der Waals surface area contributed by atoms with Crippen LogP contribution in [0.4, 0.5) is 0 Å². The van der Waals surface area contributed by atoms with Crippen LogP contribution in [0, 0.1) is 16.7 Å². The second kappa shape index (κ2) is 9.88. The van der Waals surface area contributed by atoms with Gasteiger partial charge in [0.2, 0.25) is 0 Å². The molecule has 0 heterocycles.